The summed E-state index contributed by atoms with van der Waals surface area (Å²) < 4.78 is 0. The van der Waals surface area contributed by atoms with E-state index in [0.29, 0.717) is 0 Å². The van der Waals surface area contributed by atoms with Crippen molar-refractivity contribution in [2.24, 2.45) is 0 Å². The average Bonchev–Trinajstić information content (AvgIpc) is 3.19. The molecule has 144 valence electrons. The quantitative estimate of drug-likeness (QED) is 0.396. The molecule has 0 bridgehead atoms. The number of aromatic nitrogens is 2. The lowest BCUT2D eigenvalue weighted by molar-refractivity contribution is -0.128. The van der Waals surface area contributed by atoms with Gasteiger partial charge in [-0.25, -0.2) is 0 Å². The Balaban J connectivity index is 1.72. The summed E-state index contributed by atoms with van der Waals surface area (Å²) in [6.45, 7) is 0. The Bertz CT molecular complexity index is 1070. The average molecular weight is 422 g/mol. The first-order valence-electron chi connectivity index (χ1n) is 8.59. The number of thiocarbonyl (C=S) groups is 1. The van der Waals surface area contributed by atoms with Gasteiger partial charge in [0.1, 0.15) is 10.6 Å². The Morgan fingerprint density at radius 2 is 1.72 bits per heavy atom. The lowest BCUT2D eigenvalue weighted by Crippen LogP contribution is -2.52. The first kappa shape index (κ1) is 18.9. The van der Waals surface area contributed by atoms with Crippen molar-refractivity contribution in [2.45, 2.75) is 0 Å². The van der Waals surface area contributed by atoms with E-state index in [2.05, 4.69) is 15.3 Å². The number of likely N-dealkylation sites (N-methyl/N-ethyl adjacent to an activating group) is 1. The molecule has 2 amide bonds. The van der Waals surface area contributed by atoms with E-state index in [1.165, 1.54) is 23.3 Å². The van der Waals surface area contributed by atoms with Gasteiger partial charge >= 0.3 is 0 Å². The number of hydrogen-bond donors (Lipinski definition) is 1. The lowest BCUT2D eigenvalue weighted by Gasteiger charge is -2.24. The van der Waals surface area contributed by atoms with Crippen LogP contribution in [0, 0.1) is 0 Å². The van der Waals surface area contributed by atoms with Crippen LogP contribution in [-0.2, 0) is 9.59 Å². The van der Waals surface area contributed by atoms with Gasteiger partial charge in [0.15, 0.2) is 5.11 Å². The van der Waals surface area contributed by atoms with Crippen molar-refractivity contribution in [1.82, 2.24) is 20.2 Å². The molecule has 0 aliphatic carbocycles. The van der Waals surface area contributed by atoms with Crippen LogP contribution < -0.4 is 10.2 Å². The van der Waals surface area contributed by atoms with Crippen LogP contribution in [0.1, 0.15) is 4.88 Å². The molecule has 0 saturated carbocycles. The summed E-state index contributed by atoms with van der Waals surface area (Å²) in [5.74, 6) is -0.922. The molecule has 9 heteroatoms. The third kappa shape index (κ3) is 3.78. The number of pyridine rings is 2. The Hall–Kier alpha value is -3.43. The zero-order valence-electron chi connectivity index (χ0n) is 15.3. The molecular weight excluding hydrogens is 406 g/mol. The topological polar surface area (TPSA) is 78.4 Å². The largest absolute Gasteiger partial charge is 0.299 e. The zero-order valence-corrected chi connectivity index (χ0v) is 16.9. The van der Waals surface area contributed by atoms with Crippen LogP contribution in [0.25, 0.3) is 6.08 Å². The fourth-order valence-electron chi connectivity index (χ4n) is 2.80. The molecule has 4 heterocycles. The van der Waals surface area contributed by atoms with Gasteiger partial charge in [-0.1, -0.05) is 0 Å². The predicted molar refractivity (Wildman–Crippen MR) is 116 cm³/mol. The van der Waals surface area contributed by atoms with Crippen molar-refractivity contribution >= 4 is 62.9 Å². The molecule has 1 aliphatic heterocycles. The smallest absolute Gasteiger partial charge is 0.265 e. The highest BCUT2D eigenvalue weighted by atomic mass is 32.1. The van der Waals surface area contributed by atoms with E-state index in [1.54, 1.807) is 30.9 Å². The third-order valence-electron chi connectivity index (χ3n) is 4.23. The molecule has 1 fully saturated rings. The lowest BCUT2D eigenvalue weighted by atomic mass is 10.1. The Morgan fingerprint density at radius 1 is 1.07 bits per heavy atom. The molecule has 1 saturated heterocycles. The SMILES string of the molecule is CN1C(=O)/C(=C/c2ccc(N(c3cccnc3)c3cccnc3)s2)C(=O)NC1=S. The molecule has 0 spiro atoms. The summed E-state index contributed by atoms with van der Waals surface area (Å²) in [6, 6.07) is 11.4. The van der Waals surface area contributed by atoms with E-state index in [1.807, 2.05) is 41.3 Å². The standard InChI is InChI=1S/C20H15N5O2S2/c1-24-19(27)16(18(26)23-20(24)28)10-15-6-7-17(29-15)25(13-4-2-8-21-11-13)14-5-3-9-22-12-14/h2-12H,1H3,(H,23,26,28)/b16-10+. The van der Waals surface area contributed by atoms with Gasteiger partial charge in [-0.2, -0.15) is 0 Å². The molecule has 1 aliphatic rings. The van der Waals surface area contributed by atoms with Gasteiger partial charge in [0.05, 0.1) is 23.8 Å². The highest BCUT2D eigenvalue weighted by Crippen LogP contribution is 2.38. The summed E-state index contributed by atoms with van der Waals surface area (Å²) in [4.78, 5) is 37.1. The minimum absolute atomic E-state index is 0.0452. The van der Waals surface area contributed by atoms with Gasteiger partial charge in [-0.05, 0) is 54.7 Å². The van der Waals surface area contributed by atoms with Crippen molar-refractivity contribution in [3.8, 4) is 0 Å². The molecular formula is C20H15N5O2S2. The zero-order chi connectivity index (χ0) is 20.4. The number of nitrogens with zero attached hydrogens (tertiary/aromatic N) is 4. The van der Waals surface area contributed by atoms with Gasteiger partial charge < -0.3 is 0 Å². The Morgan fingerprint density at radius 3 is 2.31 bits per heavy atom. The number of nitrogens with one attached hydrogen (secondary N) is 1. The molecule has 0 aromatic carbocycles. The van der Waals surface area contributed by atoms with Crippen molar-refractivity contribution in [3.05, 3.63) is 71.6 Å². The molecule has 29 heavy (non-hydrogen) atoms. The van der Waals surface area contributed by atoms with Crippen LogP contribution in [0.5, 0.6) is 0 Å². The Kier molecular flexibility index (Phi) is 5.15. The van der Waals surface area contributed by atoms with Crippen molar-refractivity contribution in [1.29, 1.82) is 0 Å². The second kappa shape index (κ2) is 7.90. The minimum atomic E-state index is -0.496. The van der Waals surface area contributed by atoms with E-state index < -0.39 is 11.8 Å². The highest BCUT2D eigenvalue weighted by molar-refractivity contribution is 7.80. The third-order valence-corrected chi connectivity index (χ3v) is 5.63. The van der Waals surface area contributed by atoms with Crippen molar-refractivity contribution < 1.29 is 9.59 Å². The molecule has 1 N–H and O–H groups in total. The van der Waals surface area contributed by atoms with Crippen LogP contribution in [0.2, 0.25) is 0 Å². The van der Waals surface area contributed by atoms with E-state index in [-0.39, 0.29) is 10.7 Å². The van der Waals surface area contributed by atoms with Crippen LogP contribution in [0.15, 0.2) is 66.8 Å². The summed E-state index contributed by atoms with van der Waals surface area (Å²) >= 11 is 6.42. The van der Waals surface area contributed by atoms with Gasteiger partial charge in [0, 0.05) is 24.3 Å². The number of hydrogen-bond acceptors (Lipinski definition) is 7. The number of rotatable bonds is 4. The second-order valence-electron chi connectivity index (χ2n) is 6.12. The van der Waals surface area contributed by atoms with Crippen LogP contribution >= 0.6 is 23.6 Å². The monoisotopic (exact) mass is 421 g/mol. The number of amides is 2. The summed E-state index contributed by atoms with van der Waals surface area (Å²) in [6.07, 6.45) is 8.53. The first-order valence-corrected chi connectivity index (χ1v) is 9.82. The maximum Gasteiger partial charge on any atom is 0.265 e. The molecule has 4 rings (SSSR count). The maximum absolute atomic E-state index is 12.4. The first-order chi connectivity index (χ1) is 14.0. The Labute approximate surface area is 176 Å². The van der Waals surface area contributed by atoms with Gasteiger partial charge in [0.25, 0.3) is 11.8 Å². The summed E-state index contributed by atoms with van der Waals surface area (Å²) in [5, 5.41) is 3.51. The predicted octanol–water partition coefficient (Wildman–Crippen LogP) is 3.26. The molecule has 7 nitrogen and oxygen atoms in total. The van der Waals surface area contributed by atoms with E-state index in [4.69, 9.17) is 12.2 Å². The molecule has 0 unspecified atom stereocenters. The van der Waals surface area contributed by atoms with E-state index >= 15 is 0 Å². The van der Waals surface area contributed by atoms with Crippen LogP contribution in [-0.4, -0.2) is 38.8 Å². The molecule has 3 aromatic heterocycles. The number of thiophene rings is 1. The van der Waals surface area contributed by atoms with Crippen LogP contribution in [0.4, 0.5) is 16.4 Å². The van der Waals surface area contributed by atoms with Gasteiger partial charge in [0.2, 0.25) is 0 Å². The second-order valence-corrected chi connectivity index (χ2v) is 7.60. The summed E-state index contributed by atoms with van der Waals surface area (Å²) in [7, 11) is 1.53. The number of carbonyl (C=O) groups is 2. The van der Waals surface area contributed by atoms with Crippen molar-refractivity contribution in [3.63, 3.8) is 0 Å². The van der Waals surface area contributed by atoms with Crippen molar-refractivity contribution in [2.75, 3.05) is 11.9 Å². The molecule has 0 radical (unpaired) electrons. The fraction of sp³-hybridized carbons (Fsp3) is 0.0500. The molecule has 3 aromatic rings. The number of carbonyl (C=O) groups excluding carboxylic acids is 2. The highest BCUT2D eigenvalue weighted by Gasteiger charge is 2.31. The molecule has 0 atom stereocenters. The van der Waals surface area contributed by atoms with E-state index in [0.717, 1.165) is 21.3 Å². The van der Waals surface area contributed by atoms with Gasteiger partial charge in [-0.15, -0.1) is 11.3 Å². The fourth-order valence-corrected chi connectivity index (χ4v) is 3.97. The van der Waals surface area contributed by atoms with Gasteiger partial charge in [-0.3, -0.25) is 34.7 Å². The number of anilines is 3. The maximum atomic E-state index is 12.4. The summed E-state index contributed by atoms with van der Waals surface area (Å²) in [5.41, 5.74) is 1.79. The van der Waals surface area contributed by atoms with E-state index in [9.17, 15) is 9.59 Å². The minimum Gasteiger partial charge on any atom is -0.299 e. The van der Waals surface area contributed by atoms with Crippen LogP contribution in [0.3, 0.4) is 0 Å². The normalized spacial score (nSPS) is 15.6.